The van der Waals surface area contributed by atoms with Crippen LogP contribution >= 0.6 is 11.8 Å². The van der Waals surface area contributed by atoms with E-state index in [9.17, 15) is 22.8 Å². The molecule has 9 heteroatoms. The van der Waals surface area contributed by atoms with Gasteiger partial charge in [0.2, 0.25) is 5.91 Å². The third-order valence-electron chi connectivity index (χ3n) is 5.18. The Morgan fingerprint density at radius 1 is 1.17 bits per heavy atom. The van der Waals surface area contributed by atoms with Gasteiger partial charge in [-0.25, -0.2) is 4.85 Å². The Bertz CT molecular complexity index is 1080. The van der Waals surface area contributed by atoms with Gasteiger partial charge in [-0.1, -0.05) is 23.9 Å². The minimum atomic E-state index is -4.66. The Labute approximate surface area is 174 Å². The van der Waals surface area contributed by atoms with E-state index in [4.69, 9.17) is 11.3 Å². The van der Waals surface area contributed by atoms with Gasteiger partial charge in [-0.05, 0) is 54.7 Å². The van der Waals surface area contributed by atoms with Crippen LogP contribution in [0, 0.1) is 6.57 Å². The molecule has 1 saturated heterocycles. The van der Waals surface area contributed by atoms with Gasteiger partial charge in [0.05, 0.1) is 12.1 Å². The molecule has 2 aromatic carbocycles. The van der Waals surface area contributed by atoms with Crippen molar-refractivity contribution in [1.29, 1.82) is 0 Å². The minimum absolute atomic E-state index is 0.121. The summed E-state index contributed by atoms with van der Waals surface area (Å²) in [6, 6.07) is 8.20. The molecular weight excluding hydrogens is 417 g/mol. The molecule has 4 rings (SSSR count). The van der Waals surface area contributed by atoms with E-state index in [1.165, 1.54) is 6.07 Å². The Kier molecular flexibility index (Phi) is 5.20. The van der Waals surface area contributed by atoms with E-state index in [1.807, 2.05) is 0 Å². The van der Waals surface area contributed by atoms with E-state index < -0.39 is 17.0 Å². The van der Waals surface area contributed by atoms with Gasteiger partial charge in [0.1, 0.15) is 16.7 Å². The van der Waals surface area contributed by atoms with E-state index in [2.05, 4.69) is 10.2 Å². The van der Waals surface area contributed by atoms with Gasteiger partial charge < -0.3 is 4.74 Å². The smallest absolute Gasteiger partial charge is 0.418 e. The highest BCUT2D eigenvalue weighted by Crippen LogP contribution is 2.44. The fourth-order valence-corrected chi connectivity index (χ4v) is 4.87. The standard InChI is InChI=1S/C21H15F3N2O3S/c1-25-12-5-8-17(16(10-12)21(22,23)24)29-13-6-7-14-11(9-13)3-2-4-15(14)18-19(27)26-20(28)30-18/h5-10,15,18H,2-4H2,(H,26,27,28)/t15-,18?/m1/s1. The summed E-state index contributed by atoms with van der Waals surface area (Å²) in [5, 5.41) is 1.44. The lowest BCUT2D eigenvalue weighted by atomic mass is 9.80. The number of nitrogens with zero attached hydrogens (tertiary/aromatic N) is 1. The molecule has 1 unspecified atom stereocenters. The topological polar surface area (TPSA) is 59.8 Å². The molecule has 1 aliphatic carbocycles. The van der Waals surface area contributed by atoms with E-state index in [0.29, 0.717) is 6.42 Å². The molecule has 0 aromatic heterocycles. The number of aryl methyl sites for hydroxylation is 1. The summed E-state index contributed by atoms with van der Waals surface area (Å²) in [5.74, 6) is -0.575. The third kappa shape index (κ3) is 3.87. The number of alkyl halides is 3. The summed E-state index contributed by atoms with van der Waals surface area (Å²) in [7, 11) is 0. The van der Waals surface area contributed by atoms with Crippen molar-refractivity contribution in [1.82, 2.24) is 5.32 Å². The number of ether oxygens (including phenoxy) is 1. The monoisotopic (exact) mass is 432 g/mol. The van der Waals surface area contributed by atoms with Crippen LogP contribution in [0.1, 0.15) is 35.4 Å². The van der Waals surface area contributed by atoms with Crippen molar-refractivity contribution >= 4 is 28.6 Å². The van der Waals surface area contributed by atoms with E-state index in [-0.39, 0.29) is 34.3 Å². The van der Waals surface area contributed by atoms with Crippen LogP contribution in [0.3, 0.4) is 0 Å². The maximum atomic E-state index is 13.4. The van der Waals surface area contributed by atoms with Gasteiger partial charge in [0.25, 0.3) is 5.24 Å². The number of thioether (sulfide) groups is 1. The highest BCUT2D eigenvalue weighted by Gasteiger charge is 2.40. The first-order valence-electron chi connectivity index (χ1n) is 9.17. The molecule has 2 aliphatic rings. The van der Waals surface area contributed by atoms with Crippen molar-refractivity contribution in [3.8, 4) is 11.5 Å². The number of halogens is 3. The first-order valence-corrected chi connectivity index (χ1v) is 10.0. The first-order chi connectivity index (χ1) is 14.3. The second kappa shape index (κ2) is 7.69. The molecule has 154 valence electrons. The lowest BCUT2D eigenvalue weighted by molar-refractivity contribution is -0.138. The highest BCUT2D eigenvalue weighted by molar-refractivity contribution is 8.15. The van der Waals surface area contributed by atoms with Crippen LogP contribution in [0.25, 0.3) is 4.85 Å². The molecule has 0 saturated carbocycles. The maximum absolute atomic E-state index is 13.4. The fraction of sp³-hybridized carbons (Fsp3) is 0.286. The Hall–Kier alpha value is -2.99. The van der Waals surface area contributed by atoms with E-state index in [0.717, 1.165) is 47.9 Å². The van der Waals surface area contributed by atoms with Crippen LogP contribution in [-0.4, -0.2) is 16.4 Å². The number of carbonyl (C=O) groups excluding carboxylic acids is 2. The van der Waals surface area contributed by atoms with Gasteiger partial charge >= 0.3 is 6.18 Å². The van der Waals surface area contributed by atoms with Crippen LogP contribution in [0.15, 0.2) is 36.4 Å². The summed E-state index contributed by atoms with van der Waals surface area (Å²) >= 11 is 0.979. The zero-order chi connectivity index (χ0) is 21.5. The van der Waals surface area contributed by atoms with Gasteiger partial charge in [0, 0.05) is 5.92 Å². The van der Waals surface area contributed by atoms with Gasteiger partial charge in [0.15, 0.2) is 5.69 Å². The van der Waals surface area contributed by atoms with Crippen molar-refractivity contribution in [3.05, 3.63) is 64.5 Å². The van der Waals surface area contributed by atoms with E-state index in [1.54, 1.807) is 18.2 Å². The number of hydrogen-bond donors (Lipinski definition) is 1. The average Bonchev–Trinajstić information content (AvgIpc) is 3.04. The number of imide groups is 1. The SMILES string of the molecule is [C-]#[N+]c1ccc(Oc2ccc3c(c2)CCC[C@H]3C2SC(=O)NC2=O)c(C(F)(F)F)c1. The molecular formula is C21H15F3N2O3S. The molecule has 1 fully saturated rings. The maximum Gasteiger partial charge on any atom is 0.418 e. The van der Waals surface area contributed by atoms with Crippen molar-refractivity contribution in [2.45, 2.75) is 36.6 Å². The molecule has 5 nitrogen and oxygen atoms in total. The predicted octanol–water partition coefficient (Wildman–Crippen LogP) is 5.82. The predicted molar refractivity (Wildman–Crippen MR) is 105 cm³/mol. The Morgan fingerprint density at radius 2 is 1.97 bits per heavy atom. The van der Waals surface area contributed by atoms with Gasteiger partial charge in [-0.15, -0.1) is 0 Å². The lowest BCUT2D eigenvalue weighted by Gasteiger charge is -2.28. The Balaban J connectivity index is 1.64. The van der Waals surface area contributed by atoms with Crippen molar-refractivity contribution in [3.63, 3.8) is 0 Å². The summed E-state index contributed by atoms with van der Waals surface area (Å²) in [6.07, 6.45) is -2.40. The molecule has 1 N–H and O–H groups in total. The van der Waals surface area contributed by atoms with Crippen LogP contribution < -0.4 is 10.1 Å². The van der Waals surface area contributed by atoms with Gasteiger partial charge in [-0.3, -0.25) is 14.9 Å². The number of rotatable bonds is 3. The molecule has 2 atom stereocenters. The summed E-state index contributed by atoms with van der Waals surface area (Å²) in [4.78, 5) is 26.7. The van der Waals surface area contributed by atoms with Crippen LogP contribution in [0.2, 0.25) is 0 Å². The van der Waals surface area contributed by atoms with Crippen molar-refractivity contribution < 1.29 is 27.5 Å². The summed E-state index contributed by atoms with van der Waals surface area (Å²) < 4.78 is 45.7. The molecule has 2 amide bonds. The number of nitrogens with one attached hydrogen (secondary N) is 1. The average molecular weight is 432 g/mol. The number of fused-ring (bicyclic) bond motifs is 1. The van der Waals surface area contributed by atoms with Crippen LogP contribution in [0.4, 0.5) is 23.7 Å². The number of benzene rings is 2. The molecule has 30 heavy (non-hydrogen) atoms. The Morgan fingerprint density at radius 3 is 2.63 bits per heavy atom. The summed E-state index contributed by atoms with van der Waals surface area (Å²) in [6.45, 7) is 6.92. The molecule has 1 aliphatic heterocycles. The molecule has 0 radical (unpaired) electrons. The number of amides is 2. The second-order valence-electron chi connectivity index (χ2n) is 7.07. The third-order valence-corrected chi connectivity index (χ3v) is 6.30. The van der Waals surface area contributed by atoms with Crippen LogP contribution in [0.5, 0.6) is 11.5 Å². The quantitative estimate of drug-likeness (QED) is 0.621. The van der Waals surface area contributed by atoms with Crippen molar-refractivity contribution in [2.75, 3.05) is 0 Å². The zero-order valence-electron chi connectivity index (χ0n) is 15.5. The molecule has 1 heterocycles. The second-order valence-corrected chi connectivity index (χ2v) is 8.18. The fourth-order valence-electron chi connectivity index (χ4n) is 3.87. The van der Waals surface area contributed by atoms with E-state index >= 15 is 0 Å². The number of carbonyl (C=O) groups is 2. The lowest BCUT2D eigenvalue weighted by Crippen LogP contribution is -2.30. The zero-order valence-corrected chi connectivity index (χ0v) is 16.3. The van der Waals surface area contributed by atoms with Crippen molar-refractivity contribution in [2.24, 2.45) is 0 Å². The minimum Gasteiger partial charge on any atom is -0.457 e. The first kappa shape index (κ1) is 20.3. The summed E-state index contributed by atoms with van der Waals surface area (Å²) in [5.41, 5.74) is 0.673. The van der Waals surface area contributed by atoms with Crippen LogP contribution in [-0.2, 0) is 17.4 Å². The molecule has 2 aromatic rings. The number of hydrogen-bond acceptors (Lipinski definition) is 4. The normalized spacial score (nSPS) is 21.0. The highest BCUT2D eigenvalue weighted by atomic mass is 32.2. The molecule has 0 bridgehead atoms. The molecule has 0 spiro atoms. The van der Waals surface area contributed by atoms with Gasteiger partial charge in [-0.2, -0.15) is 13.2 Å². The largest absolute Gasteiger partial charge is 0.457 e.